The van der Waals surface area contributed by atoms with Gasteiger partial charge in [0.25, 0.3) is 0 Å². The third-order valence-electron chi connectivity index (χ3n) is 2.41. The first-order valence-corrected chi connectivity index (χ1v) is 5.61. The third-order valence-corrected chi connectivity index (χ3v) is 2.41. The summed E-state index contributed by atoms with van der Waals surface area (Å²) in [4.78, 5) is 36.1. The molecule has 0 spiro atoms. The first-order valence-electron chi connectivity index (χ1n) is 5.61. The molecule has 1 rings (SSSR count). The molecule has 96 valence electrons. The number of amides is 2. The third kappa shape index (κ3) is 3.28. The molecule has 2 amide bonds. The molecule has 1 aliphatic rings. The van der Waals surface area contributed by atoms with Gasteiger partial charge in [-0.15, -0.1) is 0 Å². The minimum atomic E-state index is -0.811. The highest BCUT2D eigenvalue weighted by atomic mass is 16.6. The maximum atomic E-state index is 11.9. The highest BCUT2D eigenvalue weighted by Crippen LogP contribution is 2.28. The van der Waals surface area contributed by atoms with Gasteiger partial charge >= 0.3 is 6.09 Å². The second kappa shape index (κ2) is 4.13. The average Bonchev–Trinajstić information content (AvgIpc) is 1.93. The van der Waals surface area contributed by atoms with Gasteiger partial charge in [0.1, 0.15) is 11.4 Å². The molecule has 0 radical (unpaired) electrons. The minimum absolute atomic E-state index is 0.139. The van der Waals surface area contributed by atoms with Gasteiger partial charge in [-0.2, -0.15) is 0 Å². The zero-order valence-corrected chi connectivity index (χ0v) is 11.0. The zero-order chi connectivity index (χ0) is 13.4. The maximum Gasteiger partial charge on any atom is 0.417 e. The van der Waals surface area contributed by atoms with Crippen molar-refractivity contribution >= 4 is 17.8 Å². The summed E-state index contributed by atoms with van der Waals surface area (Å²) in [5.41, 5.74) is -1.47. The first kappa shape index (κ1) is 13.7. The van der Waals surface area contributed by atoms with E-state index in [4.69, 9.17) is 4.74 Å². The number of carbonyl (C=O) groups excluding carboxylic acids is 3. The smallest absolute Gasteiger partial charge is 0.417 e. The number of rotatable bonds is 0. The SMILES string of the molecule is CC(C)(C)OC(=O)N1C(=O)CC(=O)CC1(C)C. The van der Waals surface area contributed by atoms with Crippen LogP contribution in [0.4, 0.5) is 4.79 Å². The Morgan fingerprint density at radius 3 is 2.24 bits per heavy atom. The molecule has 0 atom stereocenters. The van der Waals surface area contributed by atoms with Gasteiger partial charge < -0.3 is 4.74 Å². The number of Topliss-reactive ketones (excluding diaryl/α,β-unsaturated/α-hetero) is 1. The molecule has 1 saturated heterocycles. The summed E-state index contributed by atoms with van der Waals surface area (Å²) in [6.45, 7) is 8.57. The number of hydrogen-bond donors (Lipinski definition) is 0. The average molecular weight is 241 g/mol. The van der Waals surface area contributed by atoms with Crippen molar-refractivity contribution in [3.63, 3.8) is 0 Å². The summed E-state index contributed by atoms with van der Waals surface area (Å²) in [7, 11) is 0. The van der Waals surface area contributed by atoms with E-state index in [2.05, 4.69) is 0 Å². The molecular formula is C12H19NO4. The number of carbonyl (C=O) groups is 3. The topological polar surface area (TPSA) is 63.7 Å². The van der Waals surface area contributed by atoms with Crippen LogP contribution in [0.1, 0.15) is 47.5 Å². The number of ketones is 1. The van der Waals surface area contributed by atoms with Gasteiger partial charge in [-0.05, 0) is 34.6 Å². The molecule has 17 heavy (non-hydrogen) atoms. The number of nitrogens with zero attached hydrogens (tertiary/aromatic N) is 1. The molecule has 0 bridgehead atoms. The van der Waals surface area contributed by atoms with Crippen molar-refractivity contribution < 1.29 is 19.1 Å². The minimum Gasteiger partial charge on any atom is -0.443 e. The molecular weight excluding hydrogens is 222 g/mol. The lowest BCUT2D eigenvalue weighted by Gasteiger charge is -2.40. The van der Waals surface area contributed by atoms with Crippen LogP contribution in [-0.4, -0.2) is 33.8 Å². The van der Waals surface area contributed by atoms with Crippen LogP contribution >= 0.6 is 0 Å². The van der Waals surface area contributed by atoms with E-state index in [1.807, 2.05) is 0 Å². The lowest BCUT2D eigenvalue weighted by atomic mass is 9.89. The summed E-state index contributed by atoms with van der Waals surface area (Å²) in [6.07, 6.45) is -0.722. The van der Waals surface area contributed by atoms with Gasteiger partial charge in [-0.1, -0.05) is 0 Å². The molecule has 0 unspecified atom stereocenters. The van der Waals surface area contributed by atoms with Crippen molar-refractivity contribution in [2.45, 2.75) is 58.6 Å². The number of hydrogen-bond acceptors (Lipinski definition) is 4. The Morgan fingerprint density at radius 2 is 1.82 bits per heavy atom. The van der Waals surface area contributed by atoms with E-state index in [0.717, 1.165) is 4.90 Å². The van der Waals surface area contributed by atoms with E-state index in [0.29, 0.717) is 0 Å². The fourth-order valence-electron chi connectivity index (χ4n) is 1.87. The van der Waals surface area contributed by atoms with E-state index >= 15 is 0 Å². The van der Waals surface area contributed by atoms with Crippen LogP contribution < -0.4 is 0 Å². The Balaban J connectivity index is 2.91. The predicted octanol–water partition coefficient (Wildman–Crippen LogP) is 1.89. The van der Waals surface area contributed by atoms with Crippen molar-refractivity contribution in [1.82, 2.24) is 4.90 Å². The van der Waals surface area contributed by atoms with Gasteiger partial charge in [0.2, 0.25) is 5.91 Å². The Bertz CT molecular complexity index is 365. The normalized spacial score (nSPS) is 20.4. The van der Waals surface area contributed by atoms with Crippen LogP contribution in [0.5, 0.6) is 0 Å². The Hall–Kier alpha value is -1.39. The van der Waals surface area contributed by atoms with Crippen LogP contribution in [0, 0.1) is 0 Å². The number of piperidine rings is 1. The number of imide groups is 1. The van der Waals surface area contributed by atoms with Gasteiger partial charge in [-0.3, -0.25) is 9.59 Å². The van der Waals surface area contributed by atoms with Crippen LogP contribution in [0.2, 0.25) is 0 Å². The Labute approximate surface area is 101 Å². The van der Waals surface area contributed by atoms with E-state index in [-0.39, 0.29) is 18.6 Å². The molecule has 0 aliphatic carbocycles. The molecule has 0 saturated carbocycles. The Morgan fingerprint density at radius 1 is 1.29 bits per heavy atom. The van der Waals surface area contributed by atoms with Gasteiger partial charge in [-0.25, -0.2) is 9.69 Å². The molecule has 1 fully saturated rings. The second-order valence-corrected chi connectivity index (χ2v) is 5.91. The standard InChI is InChI=1S/C12H19NO4/c1-11(2,3)17-10(16)13-9(15)6-8(14)7-12(13,4)5/h6-7H2,1-5H3. The van der Waals surface area contributed by atoms with Crippen molar-refractivity contribution in [3.8, 4) is 0 Å². The monoisotopic (exact) mass is 241 g/mol. The second-order valence-electron chi connectivity index (χ2n) is 5.91. The quantitative estimate of drug-likeness (QED) is 0.607. The van der Waals surface area contributed by atoms with Gasteiger partial charge in [0.05, 0.1) is 12.0 Å². The van der Waals surface area contributed by atoms with E-state index in [1.165, 1.54) is 0 Å². The highest BCUT2D eigenvalue weighted by molar-refractivity contribution is 6.07. The van der Waals surface area contributed by atoms with E-state index in [9.17, 15) is 14.4 Å². The molecule has 0 aromatic rings. The molecule has 0 aromatic heterocycles. The summed E-state index contributed by atoms with van der Waals surface area (Å²) in [6, 6.07) is 0. The van der Waals surface area contributed by atoms with Crippen LogP contribution in [-0.2, 0) is 14.3 Å². The molecule has 0 N–H and O–H groups in total. The van der Waals surface area contributed by atoms with Crippen molar-refractivity contribution in [2.24, 2.45) is 0 Å². The summed E-state index contributed by atoms with van der Waals surface area (Å²) in [5, 5.41) is 0. The summed E-state index contributed by atoms with van der Waals surface area (Å²) < 4.78 is 5.17. The maximum absolute atomic E-state index is 11.9. The largest absolute Gasteiger partial charge is 0.443 e. The number of likely N-dealkylation sites (tertiary alicyclic amines) is 1. The summed E-state index contributed by atoms with van der Waals surface area (Å²) >= 11 is 0. The number of ether oxygens (including phenoxy) is 1. The molecule has 1 heterocycles. The zero-order valence-electron chi connectivity index (χ0n) is 11.0. The van der Waals surface area contributed by atoms with Crippen LogP contribution in [0.3, 0.4) is 0 Å². The molecule has 5 heteroatoms. The van der Waals surface area contributed by atoms with Crippen LogP contribution in [0.15, 0.2) is 0 Å². The van der Waals surface area contributed by atoms with Crippen molar-refractivity contribution in [3.05, 3.63) is 0 Å². The lowest BCUT2D eigenvalue weighted by Crippen LogP contribution is -2.57. The van der Waals surface area contributed by atoms with Gasteiger partial charge in [0.15, 0.2) is 0 Å². The molecule has 5 nitrogen and oxygen atoms in total. The Kier molecular flexibility index (Phi) is 3.32. The van der Waals surface area contributed by atoms with Crippen LogP contribution in [0.25, 0.3) is 0 Å². The summed E-state index contributed by atoms with van der Waals surface area (Å²) in [5.74, 6) is -0.625. The molecule has 1 aliphatic heterocycles. The fraction of sp³-hybridized carbons (Fsp3) is 0.750. The van der Waals surface area contributed by atoms with Gasteiger partial charge in [0, 0.05) is 6.42 Å². The lowest BCUT2D eigenvalue weighted by molar-refractivity contribution is -0.145. The fourth-order valence-corrected chi connectivity index (χ4v) is 1.87. The van der Waals surface area contributed by atoms with E-state index in [1.54, 1.807) is 34.6 Å². The van der Waals surface area contributed by atoms with Crippen molar-refractivity contribution in [2.75, 3.05) is 0 Å². The van der Waals surface area contributed by atoms with Crippen molar-refractivity contribution in [1.29, 1.82) is 0 Å². The van der Waals surface area contributed by atoms with E-state index < -0.39 is 23.1 Å². The molecule has 0 aromatic carbocycles. The highest BCUT2D eigenvalue weighted by Gasteiger charge is 2.44. The predicted molar refractivity (Wildman–Crippen MR) is 61.4 cm³/mol. The first-order chi connectivity index (χ1) is 7.53.